The highest BCUT2D eigenvalue weighted by molar-refractivity contribution is 5.80. The number of hydrogen-bond acceptors (Lipinski definition) is 6. The minimum atomic E-state index is -0.841. The van der Waals surface area contributed by atoms with Crippen molar-refractivity contribution in [3.05, 3.63) is 23.8 Å². The van der Waals surface area contributed by atoms with Crippen molar-refractivity contribution in [2.45, 2.75) is 13.0 Å². The van der Waals surface area contributed by atoms with Crippen LogP contribution in [-0.4, -0.2) is 79.4 Å². The van der Waals surface area contributed by atoms with Gasteiger partial charge in [0, 0.05) is 32.7 Å². The second kappa shape index (κ2) is 8.36. The summed E-state index contributed by atoms with van der Waals surface area (Å²) in [4.78, 5) is 28.5. The van der Waals surface area contributed by atoms with Gasteiger partial charge in [0.1, 0.15) is 13.2 Å². The average molecular weight is 390 g/mol. The second-order valence-corrected chi connectivity index (χ2v) is 7.58. The molecule has 3 aliphatic heterocycles. The number of hydrogen-bond donors (Lipinski definition) is 1. The molecule has 1 N–H and O–H groups in total. The Balaban J connectivity index is 1.46. The van der Waals surface area contributed by atoms with Gasteiger partial charge in [-0.15, -0.1) is 0 Å². The molecule has 3 heterocycles. The molecule has 8 heteroatoms. The number of carbonyl (C=O) groups excluding carboxylic acids is 1. The first-order valence-electron chi connectivity index (χ1n) is 9.80. The third kappa shape index (κ3) is 4.23. The lowest BCUT2D eigenvalue weighted by Gasteiger charge is -2.38. The van der Waals surface area contributed by atoms with Crippen LogP contribution in [-0.2, 0) is 20.9 Å². The molecular formula is C20H26N2O6. The number of benzene rings is 1. The molecule has 3 aliphatic rings. The van der Waals surface area contributed by atoms with Crippen LogP contribution < -0.4 is 9.47 Å². The van der Waals surface area contributed by atoms with Crippen molar-refractivity contribution in [2.75, 3.05) is 52.6 Å². The van der Waals surface area contributed by atoms with Gasteiger partial charge in [-0.2, -0.15) is 0 Å². The Labute approximate surface area is 164 Å². The number of carboxylic acid groups (broad SMARTS) is 1. The topological polar surface area (TPSA) is 88.5 Å². The van der Waals surface area contributed by atoms with E-state index in [1.54, 1.807) is 4.90 Å². The Hall–Kier alpha value is -2.32. The maximum atomic E-state index is 12.9. The third-order valence-electron chi connectivity index (χ3n) is 5.56. The van der Waals surface area contributed by atoms with Gasteiger partial charge in [-0.3, -0.25) is 14.5 Å². The molecule has 8 nitrogen and oxygen atoms in total. The van der Waals surface area contributed by atoms with E-state index >= 15 is 0 Å². The van der Waals surface area contributed by atoms with Crippen LogP contribution in [0.2, 0.25) is 0 Å². The first-order valence-corrected chi connectivity index (χ1v) is 9.80. The van der Waals surface area contributed by atoms with Gasteiger partial charge in [0.05, 0.1) is 25.0 Å². The summed E-state index contributed by atoms with van der Waals surface area (Å²) >= 11 is 0. The van der Waals surface area contributed by atoms with E-state index in [0.717, 1.165) is 17.1 Å². The van der Waals surface area contributed by atoms with E-state index < -0.39 is 11.9 Å². The number of nitrogens with zero attached hydrogens (tertiary/aromatic N) is 2. The number of morpholine rings is 1. The molecule has 2 atom stereocenters. The number of amides is 1. The Morgan fingerprint density at radius 1 is 1.00 bits per heavy atom. The highest BCUT2D eigenvalue weighted by Gasteiger charge is 2.37. The zero-order chi connectivity index (χ0) is 19.5. The first kappa shape index (κ1) is 19.0. The highest BCUT2D eigenvalue weighted by atomic mass is 16.6. The van der Waals surface area contributed by atoms with E-state index in [0.29, 0.717) is 65.6 Å². The molecule has 2 fully saturated rings. The SMILES string of the molecule is O=C(O)[C@H]1C[C@@H](C(=O)N2CCOCC2)CN(Cc2ccc3c(c2)OCCO3)C1. The van der Waals surface area contributed by atoms with Crippen LogP contribution in [0.4, 0.5) is 0 Å². The smallest absolute Gasteiger partial charge is 0.307 e. The standard InChI is InChI=1S/C20H26N2O6/c23-19(22-3-5-26-6-4-22)15-10-16(20(24)25)13-21(12-15)11-14-1-2-17-18(9-14)28-8-7-27-17/h1-2,9,15-16H,3-8,10-13H2,(H,24,25)/t15-,16+/m1/s1. The van der Waals surface area contributed by atoms with Crippen LogP contribution in [0.15, 0.2) is 18.2 Å². The number of piperidine rings is 1. The summed E-state index contributed by atoms with van der Waals surface area (Å²) < 4.78 is 16.5. The molecule has 0 radical (unpaired) electrons. The summed E-state index contributed by atoms with van der Waals surface area (Å²) in [6, 6.07) is 5.80. The summed E-state index contributed by atoms with van der Waals surface area (Å²) in [6.45, 7) is 4.90. The van der Waals surface area contributed by atoms with Crippen molar-refractivity contribution >= 4 is 11.9 Å². The Bertz CT molecular complexity index is 733. The number of aliphatic carboxylic acids is 1. The van der Waals surface area contributed by atoms with Gasteiger partial charge in [-0.05, 0) is 24.1 Å². The maximum absolute atomic E-state index is 12.9. The molecule has 1 amide bonds. The van der Waals surface area contributed by atoms with Gasteiger partial charge in [-0.1, -0.05) is 6.07 Å². The molecule has 1 aromatic carbocycles. The number of rotatable bonds is 4. The molecule has 0 saturated carbocycles. The average Bonchev–Trinajstić information content (AvgIpc) is 2.73. The predicted octanol–water partition coefficient (Wildman–Crippen LogP) is 0.839. The number of carbonyl (C=O) groups is 2. The predicted molar refractivity (Wildman–Crippen MR) is 99.3 cm³/mol. The van der Waals surface area contributed by atoms with Crippen LogP contribution in [0.1, 0.15) is 12.0 Å². The Morgan fingerprint density at radius 2 is 1.71 bits per heavy atom. The van der Waals surface area contributed by atoms with Crippen LogP contribution in [0.25, 0.3) is 0 Å². The lowest BCUT2D eigenvalue weighted by molar-refractivity contribution is -0.149. The summed E-state index contributed by atoms with van der Waals surface area (Å²) in [5, 5.41) is 9.58. The summed E-state index contributed by atoms with van der Waals surface area (Å²) in [5.41, 5.74) is 1.02. The van der Waals surface area contributed by atoms with Crippen molar-refractivity contribution in [1.29, 1.82) is 0 Å². The van der Waals surface area contributed by atoms with Gasteiger partial charge >= 0.3 is 5.97 Å². The van der Waals surface area contributed by atoms with Crippen LogP contribution in [0.5, 0.6) is 11.5 Å². The van der Waals surface area contributed by atoms with Crippen molar-refractivity contribution in [1.82, 2.24) is 9.80 Å². The van der Waals surface area contributed by atoms with E-state index in [9.17, 15) is 14.7 Å². The molecule has 28 heavy (non-hydrogen) atoms. The molecule has 0 aromatic heterocycles. The maximum Gasteiger partial charge on any atom is 0.307 e. The third-order valence-corrected chi connectivity index (χ3v) is 5.56. The fraction of sp³-hybridized carbons (Fsp3) is 0.600. The van der Waals surface area contributed by atoms with Crippen LogP contribution >= 0.6 is 0 Å². The van der Waals surface area contributed by atoms with Crippen LogP contribution in [0.3, 0.4) is 0 Å². The van der Waals surface area contributed by atoms with E-state index in [4.69, 9.17) is 14.2 Å². The summed E-state index contributed by atoms with van der Waals surface area (Å²) in [5.74, 6) is -0.187. The monoisotopic (exact) mass is 390 g/mol. The van der Waals surface area contributed by atoms with Crippen molar-refractivity contribution in [3.63, 3.8) is 0 Å². The minimum absolute atomic E-state index is 0.0430. The molecule has 0 spiro atoms. The summed E-state index contributed by atoms with van der Waals surface area (Å²) in [6.07, 6.45) is 0.392. The second-order valence-electron chi connectivity index (χ2n) is 7.58. The zero-order valence-electron chi connectivity index (χ0n) is 15.8. The molecule has 0 bridgehead atoms. The molecular weight excluding hydrogens is 364 g/mol. The van der Waals surface area contributed by atoms with Gasteiger partial charge in [0.25, 0.3) is 0 Å². The normalized spacial score (nSPS) is 25.4. The fourth-order valence-electron chi connectivity index (χ4n) is 4.16. The highest BCUT2D eigenvalue weighted by Crippen LogP contribution is 2.32. The van der Waals surface area contributed by atoms with Gasteiger partial charge in [-0.25, -0.2) is 0 Å². The van der Waals surface area contributed by atoms with Crippen LogP contribution in [0, 0.1) is 11.8 Å². The molecule has 0 aliphatic carbocycles. The van der Waals surface area contributed by atoms with E-state index in [2.05, 4.69) is 4.90 Å². The Morgan fingerprint density at radius 3 is 2.46 bits per heavy atom. The van der Waals surface area contributed by atoms with Gasteiger partial charge < -0.3 is 24.2 Å². The number of ether oxygens (including phenoxy) is 3. The van der Waals surface area contributed by atoms with Crippen molar-refractivity contribution < 1.29 is 28.9 Å². The molecule has 152 valence electrons. The van der Waals surface area contributed by atoms with E-state index in [-0.39, 0.29) is 11.8 Å². The molecule has 1 aromatic rings. The van der Waals surface area contributed by atoms with Crippen molar-refractivity contribution in [2.24, 2.45) is 11.8 Å². The van der Waals surface area contributed by atoms with Gasteiger partial charge in [0.2, 0.25) is 5.91 Å². The number of fused-ring (bicyclic) bond motifs is 1. The Kier molecular flexibility index (Phi) is 5.68. The van der Waals surface area contributed by atoms with Crippen molar-refractivity contribution in [3.8, 4) is 11.5 Å². The van der Waals surface area contributed by atoms with E-state index in [1.165, 1.54) is 0 Å². The summed E-state index contributed by atoms with van der Waals surface area (Å²) in [7, 11) is 0. The van der Waals surface area contributed by atoms with Gasteiger partial charge in [0.15, 0.2) is 11.5 Å². The quantitative estimate of drug-likeness (QED) is 0.815. The first-order chi connectivity index (χ1) is 13.6. The van der Waals surface area contributed by atoms with E-state index in [1.807, 2.05) is 18.2 Å². The zero-order valence-corrected chi connectivity index (χ0v) is 15.8. The number of carboxylic acids is 1. The lowest BCUT2D eigenvalue weighted by atomic mass is 9.87. The molecule has 0 unspecified atom stereocenters. The number of likely N-dealkylation sites (tertiary alicyclic amines) is 1. The lowest BCUT2D eigenvalue weighted by Crippen LogP contribution is -2.51. The molecule has 2 saturated heterocycles. The molecule has 4 rings (SSSR count). The fourth-order valence-corrected chi connectivity index (χ4v) is 4.16. The minimum Gasteiger partial charge on any atom is -0.486 e. The largest absolute Gasteiger partial charge is 0.486 e.